The van der Waals surface area contributed by atoms with E-state index in [-0.39, 0.29) is 11.4 Å². The number of phenols is 1. The first-order chi connectivity index (χ1) is 11.0. The van der Waals surface area contributed by atoms with Gasteiger partial charge in [-0.05, 0) is 31.0 Å². The van der Waals surface area contributed by atoms with Gasteiger partial charge in [0.2, 0.25) is 0 Å². The van der Waals surface area contributed by atoms with Gasteiger partial charge in [0, 0.05) is 17.7 Å². The molecule has 0 saturated heterocycles. The van der Waals surface area contributed by atoms with Gasteiger partial charge in [0.1, 0.15) is 5.75 Å². The van der Waals surface area contributed by atoms with E-state index >= 15 is 0 Å². The summed E-state index contributed by atoms with van der Waals surface area (Å²) in [6.45, 7) is 3.88. The standard InChI is InChI=1S/C10H11NO3.C8H7N/c1-2-3-4-8-7-9(11(13)14)5-6-10(8)12;1-7-4-2-3-5-8(7)6-9/h3-7,12H,2H2,1H3;2-5H,1H3/b4-3-;. The van der Waals surface area contributed by atoms with Crippen LogP contribution in [0.1, 0.15) is 30.0 Å². The summed E-state index contributed by atoms with van der Waals surface area (Å²) in [6.07, 6.45) is 4.32. The summed E-state index contributed by atoms with van der Waals surface area (Å²) in [7, 11) is 0. The maximum absolute atomic E-state index is 10.4. The molecule has 23 heavy (non-hydrogen) atoms. The zero-order valence-electron chi connectivity index (χ0n) is 13.1. The first-order valence-corrected chi connectivity index (χ1v) is 7.09. The molecule has 118 valence electrons. The molecule has 0 unspecified atom stereocenters. The zero-order valence-corrected chi connectivity index (χ0v) is 13.1. The number of allylic oxidation sites excluding steroid dienone is 1. The Morgan fingerprint density at radius 3 is 2.52 bits per heavy atom. The average Bonchev–Trinajstić information content (AvgIpc) is 2.55. The monoisotopic (exact) mass is 310 g/mol. The lowest BCUT2D eigenvalue weighted by atomic mass is 10.1. The molecule has 0 aliphatic rings. The fraction of sp³-hybridized carbons (Fsp3) is 0.167. The highest BCUT2D eigenvalue weighted by Gasteiger charge is 2.07. The minimum atomic E-state index is -0.483. The zero-order chi connectivity index (χ0) is 17.2. The van der Waals surface area contributed by atoms with Gasteiger partial charge in [-0.1, -0.05) is 37.3 Å². The van der Waals surface area contributed by atoms with E-state index in [0.29, 0.717) is 5.56 Å². The number of nitro groups is 1. The van der Waals surface area contributed by atoms with Gasteiger partial charge in [-0.3, -0.25) is 10.1 Å². The van der Waals surface area contributed by atoms with Crippen molar-refractivity contribution in [2.24, 2.45) is 0 Å². The fourth-order valence-electron chi connectivity index (χ4n) is 1.73. The number of aromatic hydroxyl groups is 1. The molecule has 0 aliphatic carbocycles. The molecule has 5 heteroatoms. The summed E-state index contributed by atoms with van der Waals surface area (Å²) in [5, 5.41) is 28.3. The number of phenolic OH excluding ortho intramolecular Hbond substituents is 1. The largest absolute Gasteiger partial charge is 0.507 e. The molecule has 0 heterocycles. The summed E-state index contributed by atoms with van der Waals surface area (Å²) in [5.41, 5.74) is 2.26. The van der Waals surface area contributed by atoms with Gasteiger partial charge in [0.25, 0.3) is 5.69 Å². The smallest absolute Gasteiger partial charge is 0.270 e. The second kappa shape index (κ2) is 9.00. The number of non-ortho nitro benzene ring substituents is 1. The Kier molecular flexibility index (Phi) is 7.02. The Labute approximate surface area is 135 Å². The van der Waals surface area contributed by atoms with Gasteiger partial charge in [0.05, 0.1) is 16.6 Å². The number of nitro benzene ring substituents is 1. The van der Waals surface area contributed by atoms with Gasteiger partial charge < -0.3 is 5.11 Å². The van der Waals surface area contributed by atoms with Crippen molar-refractivity contribution < 1.29 is 10.0 Å². The molecule has 0 amide bonds. The Hall–Kier alpha value is -3.13. The van der Waals surface area contributed by atoms with Crippen molar-refractivity contribution in [1.29, 1.82) is 5.26 Å². The van der Waals surface area contributed by atoms with E-state index in [2.05, 4.69) is 6.07 Å². The van der Waals surface area contributed by atoms with E-state index in [1.807, 2.05) is 44.2 Å². The molecule has 0 atom stereocenters. The Morgan fingerprint density at radius 2 is 2.00 bits per heavy atom. The highest BCUT2D eigenvalue weighted by Crippen LogP contribution is 2.24. The quantitative estimate of drug-likeness (QED) is 0.663. The lowest BCUT2D eigenvalue weighted by Gasteiger charge is -1.98. The van der Waals surface area contributed by atoms with Crippen molar-refractivity contribution >= 4 is 11.8 Å². The number of benzene rings is 2. The van der Waals surface area contributed by atoms with E-state index in [1.54, 1.807) is 6.08 Å². The van der Waals surface area contributed by atoms with Gasteiger partial charge in [0.15, 0.2) is 0 Å². The molecular weight excluding hydrogens is 292 g/mol. The average molecular weight is 310 g/mol. The van der Waals surface area contributed by atoms with Gasteiger partial charge in [-0.15, -0.1) is 0 Å². The molecule has 2 aromatic carbocycles. The first-order valence-electron chi connectivity index (χ1n) is 7.09. The number of hydrogen-bond donors (Lipinski definition) is 1. The van der Waals surface area contributed by atoms with Crippen LogP contribution in [0.2, 0.25) is 0 Å². The van der Waals surface area contributed by atoms with Crippen molar-refractivity contribution in [2.75, 3.05) is 0 Å². The first kappa shape index (κ1) is 17.9. The summed E-state index contributed by atoms with van der Waals surface area (Å²) in [5.74, 6) is 0.0558. The molecule has 0 aliphatic heterocycles. The van der Waals surface area contributed by atoms with Crippen LogP contribution in [-0.2, 0) is 0 Å². The Morgan fingerprint density at radius 1 is 1.30 bits per heavy atom. The topological polar surface area (TPSA) is 87.2 Å². The fourth-order valence-corrected chi connectivity index (χ4v) is 1.73. The van der Waals surface area contributed by atoms with Crippen LogP contribution in [-0.4, -0.2) is 10.0 Å². The van der Waals surface area contributed by atoms with Crippen LogP contribution in [0.15, 0.2) is 48.5 Å². The van der Waals surface area contributed by atoms with Gasteiger partial charge >= 0.3 is 0 Å². The molecule has 2 aromatic rings. The minimum Gasteiger partial charge on any atom is -0.507 e. The van der Waals surface area contributed by atoms with E-state index in [4.69, 9.17) is 5.26 Å². The SMILES string of the molecule is CC/C=C\c1cc([N+](=O)[O-])ccc1O.Cc1ccccc1C#N. The van der Waals surface area contributed by atoms with Crippen molar-refractivity contribution in [1.82, 2.24) is 0 Å². The normalized spacial score (nSPS) is 9.78. The number of hydrogen-bond acceptors (Lipinski definition) is 4. The lowest BCUT2D eigenvalue weighted by Crippen LogP contribution is -1.88. The maximum atomic E-state index is 10.4. The molecule has 0 radical (unpaired) electrons. The number of nitriles is 1. The molecule has 2 rings (SSSR count). The lowest BCUT2D eigenvalue weighted by molar-refractivity contribution is -0.384. The van der Waals surface area contributed by atoms with E-state index in [1.165, 1.54) is 18.2 Å². The van der Waals surface area contributed by atoms with Gasteiger partial charge in [-0.25, -0.2) is 0 Å². The molecule has 0 saturated carbocycles. The van der Waals surface area contributed by atoms with E-state index in [0.717, 1.165) is 17.5 Å². The molecular formula is C18H18N2O3. The molecule has 0 fully saturated rings. The highest BCUT2D eigenvalue weighted by atomic mass is 16.6. The predicted octanol–water partition coefficient (Wildman–Crippen LogP) is 4.59. The third-order valence-electron chi connectivity index (χ3n) is 3.02. The van der Waals surface area contributed by atoms with Crippen LogP contribution in [0.5, 0.6) is 5.75 Å². The van der Waals surface area contributed by atoms with Crippen LogP contribution in [0, 0.1) is 28.4 Å². The van der Waals surface area contributed by atoms with Crippen molar-refractivity contribution in [2.45, 2.75) is 20.3 Å². The molecule has 5 nitrogen and oxygen atoms in total. The van der Waals surface area contributed by atoms with Crippen molar-refractivity contribution in [3.8, 4) is 11.8 Å². The second-order valence-corrected chi connectivity index (χ2v) is 4.74. The van der Waals surface area contributed by atoms with Crippen molar-refractivity contribution in [3.63, 3.8) is 0 Å². The predicted molar refractivity (Wildman–Crippen MR) is 90.0 cm³/mol. The second-order valence-electron chi connectivity index (χ2n) is 4.74. The minimum absolute atomic E-state index is 0.0152. The molecule has 0 aromatic heterocycles. The maximum Gasteiger partial charge on any atom is 0.270 e. The summed E-state index contributed by atoms with van der Waals surface area (Å²) in [4.78, 5) is 9.95. The molecule has 0 bridgehead atoms. The van der Waals surface area contributed by atoms with Crippen LogP contribution >= 0.6 is 0 Å². The van der Waals surface area contributed by atoms with E-state index < -0.39 is 4.92 Å². The van der Waals surface area contributed by atoms with Crippen LogP contribution in [0.4, 0.5) is 5.69 Å². The third kappa shape index (κ3) is 5.64. The van der Waals surface area contributed by atoms with Gasteiger partial charge in [-0.2, -0.15) is 5.26 Å². The number of aryl methyl sites for hydroxylation is 1. The molecule has 0 spiro atoms. The van der Waals surface area contributed by atoms with Crippen LogP contribution in [0.3, 0.4) is 0 Å². The van der Waals surface area contributed by atoms with Crippen molar-refractivity contribution in [3.05, 3.63) is 75.3 Å². The highest BCUT2D eigenvalue weighted by molar-refractivity contribution is 5.60. The number of nitrogens with zero attached hydrogens (tertiary/aromatic N) is 2. The number of rotatable bonds is 3. The summed E-state index contributed by atoms with van der Waals surface area (Å²) in [6, 6.07) is 13.6. The third-order valence-corrected chi connectivity index (χ3v) is 3.02. The van der Waals surface area contributed by atoms with Crippen LogP contribution < -0.4 is 0 Å². The van der Waals surface area contributed by atoms with E-state index in [9.17, 15) is 15.2 Å². The molecule has 1 N–H and O–H groups in total. The Balaban J connectivity index is 0.000000253. The summed E-state index contributed by atoms with van der Waals surface area (Å²) < 4.78 is 0. The Bertz CT molecular complexity index is 746. The van der Waals surface area contributed by atoms with Crippen LogP contribution in [0.25, 0.3) is 6.08 Å². The summed E-state index contributed by atoms with van der Waals surface area (Å²) >= 11 is 0.